The van der Waals surface area contributed by atoms with Crippen molar-refractivity contribution in [2.24, 2.45) is 5.92 Å². The van der Waals surface area contributed by atoms with Crippen LogP contribution < -0.4 is 0 Å². The molecule has 104 valence electrons. The van der Waals surface area contributed by atoms with Crippen LogP contribution in [0.5, 0.6) is 0 Å². The summed E-state index contributed by atoms with van der Waals surface area (Å²) in [6.45, 7) is 4.10. The third-order valence-corrected chi connectivity index (χ3v) is 3.03. The molecule has 0 amide bonds. The van der Waals surface area contributed by atoms with E-state index < -0.39 is 12.7 Å². The third-order valence-electron chi connectivity index (χ3n) is 2.86. The Morgan fingerprint density at radius 2 is 1.88 bits per heavy atom. The molecule has 0 heterocycles. The van der Waals surface area contributed by atoms with Gasteiger partial charge in [0.2, 0.25) is 0 Å². The minimum absolute atomic E-state index is 0.250. The van der Waals surface area contributed by atoms with Gasteiger partial charge in [-0.1, -0.05) is 33.1 Å². The Labute approximate surface area is 107 Å². The summed E-state index contributed by atoms with van der Waals surface area (Å²) in [5.41, 5.74) is 0. The van der Waals surface area contributed by atoms with Gasteiger partial charge in [-0.3, -0.25) is 4.90 Å². The van der Waals surface area contributed by atoms with Crippen LogP contribution in [0.1, 0.15) is 39.5 Å². The van der Waals surface area contributed by atoms with E-state index in [9.17, 15) is 13.2 Å². The van der Waals surface area contributed by atoms with Crippen molar-refractivity contribution in [3.8, 4) is 0 Å². The molecule has 5 heteroatoms. The minimum atomic E-state index is -4.13. The largest absolute Gasteiger partial charge is 0.401 e. The Morgan fingerprint density at radius 3 is 2.29 bits per heavy atom. The molecule has 1 unspecified atom stereocenters. The maximum atomic E-state index is 12.4. The van der Waals surface area contributed by atoms with Crippen molar-refractivity contribution < 1.29 is 13.2 Å². The average molecular weight is 274 g/mol. The van der Waals surface area contributed by atoms with Gasteiger partial charge in [-0.2, -0.15) is 13.2 Å². The van der Waals surface area contributed by atoms with Crippen molar-refractivity contribution in [3.63, 3.8) is 0 Å². The lowest BCUT2D eigenvalue weighted by Gasteiger charge is -2.27. The zero-order valence-corrected chi connectivity index (χ0v) is 11.4. The van der Waals surface area contributed by atoms with Crippen LogP contribution in [0, 0.1) is 5.92 Å². The molecule has 0 rings (SSSR count). The Morgan fingerprint density at radius 1 is 1.24 bits per heavy atom. The van der Waals surface area contributed by atoms with E-state index in [1.54, 1.807) is 0 Å². The van der Waals surface area contributed by atoms with Gasteiger partial charge >= 0.3 is 6.18 Å². The third kappa shape index (κ3) is 9.72. The molecule has 1 atom stereocenters. The second-order valence-electron chi connectivity index (χ2n) is 4.46. The van der Waals surface area contributed by atoms with Gasteiger partial charge in [0, 0.05) is 19.0 Å². The molecule has 0 aliphatic carbocycles. The molecule has 0 aromatic carbocycles. The topological polar surface area (TPSA) is 3.24 Å². The fraction of sp³-hybridized carbons (Fsp3) is 1.00. The standard InChI is InChI=1S/C12H23ClF3N/c1-3-5-6-11(4-2)9-17(8-7-13)10-12(14,15)16/h11H,3-10H2,1-2H3. The van der Waals surface area contributed by atoms with Crippen LogP contribution in [0.25, 0.3) is 0 Å². The zero-order chi connectivity index (χ0) is 13.3. The molecule has 17 heavy (non-hydrogen) atoms. The molecule has 1 nitrogen and oxygen atoms in total. The lowest BCUT2D eigenvalue weighted by atomic mass is 9.99. The number of halogens is 4. The fourth-order valence-electron chi connectivity index (χ4n) is 1.89. The van der Waals surface area contributed by atoms with Crippen LogP contribution in [0.15, 0.2) is 0 Å². The smallest absolute Gasteiger partial charge is 0.294 e. The van der Waals surface area contributed by atoms with E-state index in [1.807, 2.05) is 6.92 Å². The van der Waals surface area contributed by atoms with Crippen molar-refractivity contribution in [2.45, 2.75) is 45.7 Å². The van der Waals surface area contributed by atoms with Gasteiger partial charge < -0.3 is 0 Å². The van der Waals surface area contributed by atoms with Crippen molar-refractivity contribution in [1.82, 2.24) is 4.90 Å². The van der Waals surface area contributed by atoms with Crippen molar-refractivity contribution in [2.75, 3.05) is 25.5 Å². The molecule has 0 fully saturated rings. The number of hydrogen-bond acceptors (Lipinski definition) is 1. The first-order valence-electron chi connectivity index (χ1n) is 6.28. The molecule has 0 aromatic rings. The lowest BCUT2D eigenvalue weighted by Crippen LogP contribution is -2.38. The Hall–Kier alpha value is 0.0400. The van der Waals surface area contributed by atoms with E-state index in [0.29, 0.717) is 19.0 Å². The molecule has 0 spiro atoms. The first kappa shape index (κ1) is 17.0. The second kappa shape index (κ2) is 9.03. The summed E-state index contributed by atoms with van der Waals surface area (Å²) >= 11 is 5.55. The number of nitrogens with zero attached hydrogens (tertiary/aromatic N) is 1. The highest BCUT2D eigenvalue weighted by Crippen LogP contribution is 2.20. The van der Waals surface area contributed by atoms with Crippen LogP contribution >= 0.6 is 11.6 Å². The van der Waals surface area contributed by atoms with Crippen LogP contribution in [0.3, 0.4) is 0 Å². The van der Waals surface area contributed by atoms with Crippen molar-refractivity contribution in [3.05, 3.63) is 0 Å². The predicted molar refractivity (Wildman–Crippen MR) is 66.5 cm³/mol. The predicted octanol–water partition coefficient (Wildman–Crippen LogP) is 4.31. The van der Waals surface area contributed by atoms with Gasteiger partial charge in [0.15, 0.2) is 0 Å². The maximum Gasteiger partial charge on any atom is 0.401 e. The van der Waals surface area contributed by atoms with Crippen LogP contribution in [-0.2, 0) is 0 Å². The first-order valence-corrected chi connectivity index (χ1v) is 6.81. The monoisotopic (exact) mass is 273 g/mol. The number of hydrogen-bond donors (Lipinski definition) is 0. The Balaban J connectivity index is 4.19. The summed E-state index contributed by atoms with van der Waals surface area (Å²) < 4.78 is 37.1. The summed E-state index contributed by atoms with van der Waals surface area (Å²) in [5, 5.41) is 0. The second-order valence-corrected chi connectivity index (χ2v) is 4.83. The van der Waals surface area contributed by atoms with E-state index in [1.165, 1.54) is 4.90 Å². The molecule has 0 saturated heterocycles. The fourth-order valence-corrected chi connectivity index (χ4v) is 2.13. The summed E-state index contributed by atoms with van der Waals surface area (Å²) in [7, 11) is 0. The minimum Gasteiger partial charge on any atom is -0.294 e. The molecule has 0 aromatic heterocycles. The summed E-state index contributed by atoms with van der Waals surface area (Å²) in [6.07, 6.45) is -0.0279. The molecule has 0 aliphatic rings. The zero-order valence-electron chi connectivity index (χ0n) is 10.7. The summed E-state index contributed by atoms with van der Waals surface area (Å²) in [6, 6.07) is 0. The molecule has 0 aliphatic heterocycles. The number of unbranched alkanes of at least 4 members (excludes halogenated alkanes) is 1. The summed E-state index contributed by atoms with van der Waals surface area (Å²) in [5.74, 6) is 0.598. The molecule has 0 bridgehead atoms. The van der Waals surface area contributed by atoms with Crippen LogP contribution in [0.4, 0.5) is 13.2 Å². The quantitative estimate of drug-likeness (QED) is 0.566. The van der Waals surface area contributed by atoms with E-state index in [2.05, 4.69) is 6.92 Å². The molecular weight excluding hydrogens is 251 g/mol. The van der Waals surface area contributed by atoms with Gasteiger partial charge in [-0.05, 0) is 12.3 Å². The van der Waals surface area contributed by atoms with Gasteiger partial charge in [0.25, 0.3) is 0 Å². The normalized spacial score (nSPS) is 14.3. The SMILES string of the molecule is CCCCC(CC)CN(CCCl)CC(F)(F)F. The molecular formula is C12H23ClF3N. The van der Waals surface area contributed by atoms with E-state index in [-0.39, 0.29) is 5.88 Å². The van der Waals surface area contributed by atoms with E-state index >= 15 is 0 Å². The summed E-state index contributed by atoms with van der Waals surface area (Å²) in [4.78, 5) is 1.43. The highest BCUT2D eigenvalue weighted by Gasteiger charge is 2.31. The van der Waals surface area contributed by atoms with Crippen molar-refractivity contribution >= 4 is 11.6 Å². The highest BCUT2D eigenvalue weighted by atomic mass is 35.5. The number of rotatable bonds is 9. The average Bonchev–Trinajstić information content (AvgIpc) is 2.22. The van der Waals surface area contributed by atoms with Crippen molar-refractivity contribution in [1.29, 1.82) is 0 Å². The van der Waals surface area contributed by atoms with Crippen LogP contribution in [-0.4, -0.2) is 36.6 Å². The lowest BCUT2D eigenvalue weighted by molar-refractivity contribution is -0.146. The van der Waals surface area contributed by atoms with Gasteiger partial charge in [-0.15, -0.1) is 11.6 Å². The molecule has 0 N–H and O–H groups in total. The van der Waals surface area contributed by atoms with Gasteiger partial charge in [0.05, 0.1) is 6.54 Å². The Kier molecular flexibility index (Phi) is 9.06. The first-order chi connectivity index (χ1) is 7.92. The maximum absolute atomic E-state index is 12.4. The van der Waals surface area contributed by atoms with E-state index in [4.69, 9.17) is 11.6 Å². The highest BCUT2D eigenvalue weighted by molar-refractivity contribution is 6.18. The molecule has 0 radical (unpaired) electrons. The van der Waals surface area contributed by atoms with E-state index in [0.717, 1.165) is 25.7 Å². The van der Waals surface area contributed by atoms with Crippen LogP contribution in [0.2, 0.25) is 0 Å². The van der Waals surface area contributed by atoms with Gasteiger partial charge in [0.1, 0.15) is 0 Å². The number of alkyl halides is 4. The Bertz CT molecular complexity index is 185. The molecule has 0 saturated carbocycles. The van der Waals surface area contributed by atoms with Gasteiger partial charge in [-0.25, -0.2) is 0 Å².